The molecule has 2 aromatic carbocycles. The maximum absolute atomic E-state index is 12.4. The lowest BCUT2D eigenvalue weighted by molar-refractivity contribution is 0.102. The Kier molecular flexibility index (Phi) is 4.55. The predicted octanol–water partition coefficient (Wildman–Crippen LogP) is 4.27. The molecule has 3 rings (SSSR count). The van der Waals surface area contributed by atoms with Crippen LogP contribution >= 0.6 is 11.6 Å². The van der Waals surface area contributed by atoms with Crippen LogP contribution in [0, 0.1) is 25.2 Å². The highest BCUT2D eigenvalue weighted by molar-refractivity contribution is 6.31. The molecule has 0 bridgehead atoms. The van der Waals surface area contributed by atoms with E-state index in [0.29, 0.717) is 21.8 Å². The first-order valence-electron chi connectivity index (χ1n) is 7.64. The second kappa shape index (κ2) is 6.80. The van der Waals surface area contributed by atoms with E-state index < -0.39 is 0 Å². The van der Waals surface area contributed by atoms with Crippen LogP contribution in [-0.2, 0) is 0 Å². The third-order valence-electron chi connectivity index (χ3n) is 3.87. The van der Waals surface area contributed by atoms with Gasteiger partial charge in [-0.2, -0.15) is 10.4 Å². The largest absolute Gasteiger partial charge is 0.321 e. The second-order valence-corrected chi connectivity index (χ2v) is 5.93. The van der Waals surface area contributed by atoms with Crippen molar-refractivity contribution in [3.8, 4) is 11.8 Å². The molecule has 0 spiro atoms. The van der Waals surface area contributed by atoms with Crippen LogP contribution in [0.3, 0.4) is 0 Å². The lowest BCUT2D eigenvalue weighted by Crippen LogP contribution is -2.13. The molecule has 25 heavy (non-hydrogen) atoms. The fraction of sp³-hybridized carbons (Fsp3) is 0.105. The molecule has 1 aromatic heterocycles. The highest BCUT2D eigenvalue weighted by Crippen LogP contribution is 2.23. The summed E-state index contributed by atoms with van der Waals surface area (Å²) in [5.41, 5.74) is 3.83. The summed E-state index contributed by atoms with van der Waals surface area (Å²) < 4.78 is 1.74. The Bertz CT molecular complexity index is 984. The van der Waals surface area contributed by atoms with Gasteiger partial charge in [-0.25, -0.2) is 4.68 Å². The van der Waals surface area contributed by atoms with Crippen molar-refractivity contribution in [1.29, 1.82) is 5.26 Å². The number of nitrogens with one attached hydrogen (secondary N) is 1. The quantitative estimate of drug-likeness (QED) is 0.766. The van der Waals surface area contributed by atoms with Gasteiger partial charge in [0.2, 0.25) is 0 Å². The normalized spacial score (nSPS) is 10.3. The molecule has 0 saturated heterocycles. The maximum Gasteiger partial charge on any atom is 0.255 e. The molecule has 0 aliphatic rings. The number of carbonyl (C=O) groups excluding carboxylic acids is 1. The van der Waals surface area contributed by atoms with Gasteiger partial charge in [-0.1, -0.05) is 23.7 Å². The molecule has 6 heteroatoms. The predicted molar refractivity (Wildman–Crippen MR) is 97.2 cm³/mol. The second-order valence-electron chi connectivity index (χ2n) is 5.55. The van der Waals surface area contributed by atoms with Crippen LogP contribution in [0.1, 0.15) is 27.3 Å². The van der Waals surface area contributed by atoms with E-state index in [-0.39, 0.29) is 5.91 Å². The third-order valence-corrected chi connectivity index (χ3v) is 4.42. The van der Waals surface area contributed by atoms with Crippen LogP contribution in [0.15, 0.2) is 48.5 Å². The Balaban J connectivity index is 1.84. The average molecular weight is 351 g/mol. The molecule has 0 aliphatic carbocycles. The summed E-state index contributed by atoms with van der Waals surface area (Å²) >= 11 is 6.18. The van der Waals surface area contributed by atoms with E-state index in [0.717, 1.165) is 17.1 Å². The van der Waals surface area contributed by atoms with Gasteiger partial charge in [0, 0.05) is 5.56 Å². The fourth-order valence-electron chi connectivity index (χ4n) is 2.51. The van der Waals surface area contributed by atoms with Crippen molar-refractivity contribution in [3.63, 3.8) is 0 Å². The summed E-state index contributed by atoms with van der Waals surface area (Å²) in [6.45, 7) is 3.74. The number of hydrogen-bond donors (Lipinski definition) is 1. The van der Waals surface area contributed by atoms with Gasteiger partial charge in [0.1, 0.15) is 6.07 Å². The zero-order valence-electron chi connectivity index (χ0n) is 13.7. The number of carbonyl (C=O) groups is 1. The number of aromatic nitrogens is 2. The number of aryl methyl sites for hydroxylation is 1. The molecule has 3 aromatic rings. The number of hydrogen-bond acceptors (Lipinski definition) is 3. The number of amides is 1. The van der Waals surface area contributed by atoms with Crippen molar-refractivity contribution in [1.82, 2.24) is 9.78 Å². The van der Waals surface area contributed by atoms with Crippen molar-refractivity contribution in [3.05, 3.63) is 76.1 Å². The monoisotopic (exact) mass is 350 g/mol. The first-order valence-corrected chi connectivity index (χ1v) is 8.01. The maximum atomic E-state index is 12.4. The molecule has 5 nitrogen and oxygen atoms in total. The van der Waals surface area contributed by atoms with E-state index in [1.165, 1.54) is 0 Å². The minimum atomic E-state index is -0.277. The number of rotatable bonds is 3. The Labute approximate surface area is 150 Å². The minimum absolute atomic E-state index is 0.277. The van der Waals surface area contributed by atoms with Gasteiger partial charge in [0.05, 0.1) is 33.3 Å². The van der Waals surface area contributed by atoms with E-state index in [4.69, 9.17) is 16.9 Å². The van der Waals surface area contributed by atoms with Crippen LogP contribution < -0.4 is 5.32 Å². The number of halogens is 1. The van der Waals surface area contributed by atoms with Crippen molar-refractivity contribution in [2.45, 2.75) is 13.8 Å². The van der Waals surface area contributed by atoms with Crippen LogP contribution in [0.25, 0.3) is 5.69 Å². The Morgan fingerprint density at radius 1 is 1.16 bits per heavy atom. The van der Waals surface area contributed by atoms with Crippen LogP contribution in [0.2, 0.25) is 5.02 Å². The molecule has 0 radical (unpaired) electrons. The van der Waals surface area contributed by atoms with E-state index >= 15 is 0 Å². The molecular formula is C19H15ClN4O. The third kappa shape index (κ3) is 3.25. The van der Waals surface area contributed by atoms with E-state index in [1.54, 1.807) is 53.2 Å². The number of nitriles is 1. The summed E-state index contributed by atoms with van der Waals surface area (Å²) in [6.07, 6.45) is 0. The number of anilines is 1. The lowest BCUT2D eigenvalue weighted by Gasteiger charge is -2.08. The Morgan fingerprint density at radius 3 is 2.44 bits per heavy atom. The molecule has 0 atom stereocenters. The van der Waals surface area contributed by atoms with Gasteiger partial charge in [-0.05, 0) is 50.2 Å². The minimum Gasteiger partial charge on any atom is -0.321 e. The first kappa shape index (κ1) is 16.7. The lowest BCUT2D eigenvalue weighted by atomic mass is 10.1. The summed E-state index contributed by atoms with van der Waals surface area (Å²) in [5, 5.41) is 16.9. The summed E-state index contributed by atoms with van der Waals surface area (Å²) in [7, 11) is 0. The molecule has 0 fully saturated rings. The van der Waals surface area contributed by atoms with Crippen LogP contribution in [0.4, 0.5) is 5.69 Å². The molecule has 124 valence electrons. The highest BCUT2D eigenvalue weighted by Gasteiger charge is 2.12. The van der Waals surface area contributed by atoms with Gasteiger partial charge in [0.25, 0.3) is 5.91 Å². The van der Waals surface area contributed by atoms with Crippen LogP contribution in [-0.4, -0.2) is 15.7 Å². The van der Waals surface area contributed by atoms with Gasteiger partial charge >= 0.3 is 0 Å². The highest BCUT2D eigenvalue weighted by atomic mass is 35.5. The van der Waals surface area contributed by atoms with E-state index in [9.17, 15) is 4.79 Å². The van der Waals surface area contributed by atoms with Gasteiger partial charge in [0.15, 0.2) is 0 Å². The topological polar surface area (TPSA) is 70.7 Å². The molecule has 0 saturated carbocycles. The number of nitrogens with zero attached hydrogens (tertiary/aromatic N) is 3. The molecule has 1 amide bonds. The molecule has 1 heterocycles. The van der Waals surface area contributed by atoms with Gasteiger partial charge < -0.3 is 5.32 Å². The standard InChI is InChI=1S/C19H15ClN4O/c1-12-18(20)13(2)24(23-12)16-9-7-14(8-10-16)19(25)22-17-6-4-3-5-15(17)11-21/h3-10H,1-2H3,(H,22,25). The Morgan fingerprint density at radius 2 is 1.84 bits per heavy atom. The molecule has 0 unspecified atom stereocenters. The number of para-hydroxylation sites is 1. The smallest absolute Gasteiger partial charge is 0.255 e. The average Bonchev–Trinajstić information content (AvgIpc) is 2.89. The zero-order chi connectivity index (χ0) is 18.0. The SMILES string of the molecule is Cc1nn(-c2ccc(C(=O)Nc3ccccc3C#N)cc2)c(C)c1Cl. The molecule has 0 aliphatic heterocycles. The van der Waals surface area contributed by atoms with Crippen molar-refractivity contribution >= 4 is 23.2 Å². The van der Waals surface area contributed by atoms with Crippen LogP contribution in [0.5, 0.6) is 0 Å². The number of benzene rings is 2. The van der Waals surface area contributed by atoms with Gasteiger partial charge in [-0.15, -0.1) is 0 Å². The molecule has 1 N–H and O–H groups in total. The molecular weight excluding hydrogens is 336 g/mol. The van der Waals surface area contributed by atoms with Gasteiger partial charge in [-0.3, -0.25) is 4.79 Å². The van der Waals surface area contributed by atoms with Crippen molar-refractivity contribution in [2.75, 3.05) is 5.32 Å². The van der Waals surface area contributed by atoms with Crippen molar-refractivity contribution < 1.29 is 4.79 Å². The van der Waals surface area contributed by atoms with E-state index in [1.807, 2.05) is 13.8 Å². The fourth-order valence-corrected chi connectivity index (χ4v) is 2.63. The summed E-state index contributed by atoms with van der Waals surface area (Å²) in [4.78, 5) is 12.4. The first-order chi connectivity index (χ1) is 12.0. The zero-order valence-corrected chi connectivity index (χ0v) is 14.5. The van der Waals surface area contributed by atoms with E-state index in [2.05, 4.69) is 16.5 Å². The summed E-state index contributed by atoms with van der Waals surface area (Å²) in [6, 6.07) is 16.0. The summed E-state index contributed by atoms with van der Waals surface area (Å²) in [5.74, 6) is -0.277. The van der Waals surface area contributed by atoms with Crippen molar-refractivity contribution in [2.24, 2.45) is 0 Å². The Hall–Kier alpha value is -3.10.